The zero-order chi connectivity index (χ0) is 16.5. The standard InChI is InChI=1S/C18H21ClFNO/c1-6-15-11(7-8-17(19)21-15)12-9-13(18(2,3)4)14(20)10-16(12)22-5/h7-10H,6H2,1-5H3. The predicted octanol–water partition coefficient (Wildman–Crippen LogP) is 5.41. The van der Waals surface area contributed by atoms with Crippen molar-refractivity contribution in [1.82, 2.24) is 4.98 Å². The lowest BCUT2D eigenvalue weighted by Gasteiger charge is -2.22. The molecule has 0 saturated carbocycles. The fourth-order valence-corrected chi connectivity index (χ4v) is 2.66. The van der Waals surface area contributed by atoms with Gasteiger partial charge in [0.25, 0.3) is 0 Å². The van der Waals surface area contributed by atoms with E-state index in [1.54, 1.807) is 13.2 Å². The Morgan fingerprint density at radius 2 is 1.86 bits per heavy atom. The highest BCUT2D eigenvalue weighted by atomic mass is 35.5. The Labute approximate surface area is 136 Å². The molecule has 1 aromatic heterocycles. The number of halogens is 2. The average Bonchev–Trinajstić information content (AvgIpc) is 2.45. The second-order valence-corrected chi connectivity index (χ2v) is 6.65. The number of pyridine rings is 1. The van der Waals surface area contributed by atoms with Crippen molar-refractivity contribution in [3.05, 3.63) is 46.5 Å². The van der Waals surface area contributed by atoms with Gasteiger partial charge in [-0.3, -0.25) is 0 Å². The van der Waals surface area contributed by atoms with E-state index in [9.17, 15) is 4.39 Å². The molecule has 4 heteroatoms. The number of nitrogens with zero attached hydrogens (tertiary/aromatic N) is 1. The Kier molecular flexibility index (Phi) is 4.76. The van der Waals surface area contributed by atoms with E-state index >= 15 is 0 Å². The lowest BCUT2D eigenvalue weighted by molar-refractivity contribution is 0.410. The van der Waals surface area contributed by atoms with Gasteiger partial charge in [-0.1, -0.05) is 39.3 Å². The Hall–Kier alpha value is -1.61. The smallest absolute Gasteiger partial charge is 0.130 e. The van der Waals surface area contributed by atoms with Gasteiger partial charge in [0.15, 0.2) is 0 Å². The van der Waals surface area contributed by atoms with Crippen LogP contribution in [0.3, 0.4) is 0 Å². The molecule has 2 nitrogen and oxygen atoms in total. The molecule has 2 rings (SSSR count). The lowest BCUT2D eigenvalue weighted by atomic mass is 9.84. The summed E-state index contributed by atoms with van der Waals surface area (Å²) in [5.74, 6) is 0.248. The Morgan fingerprint density at radius 3 is 2.41 bits per heavy atom. The molecule has 2 aromatic rings. The van der Waals surface area contributed by atoms with E-state index < -0.39 is 0 Å². The third-order valence-corrected chi connectivity index (χ3v) is 3.87. The maximum atomic E-state index is 14.4. The lowest BCUT2D eigenvalue weighted by Crippen LogP contribution is -2.14. The van der Waals surface area contributed by atoms with Gasteiger partial charge in [0.1, 0.15) is 16.7 Å². The molecule has 22 heavy (non-hydrogen) atoms. The number of methoxy groups -OCH3 is 1. The summed E-state index contributed by atoms with van der Waals surface area (Å²) in [6.45, 7) is 7.98. The molecule has 0 unspecified atom stereocenters. The van der Waals surface area contributed by atoms with Gasteiger partial charge in [-0.05, 0) is 35.6 Å². The number of rotatable bonds is 3. The van der Waals surface area contributed by atoms with Crippen LogP contribution in [0.2, 0.25) is 5.15 Å². The number of ether oxygens (including phenoxy) is 1. The minimum atomic E-state index is -0.294. The fraction of sp³-hybridized carbons (Fsp3) is 0.389. The van der Waals surface area contributed by atoms with E-state index in [2.05, 4.69) is 4.98 Å². The number of benzene rings is 1. The highest BCUT2D eigenvalue weighted by Crippen LogP contribution is 2.38. The van der Waals surface area contributed by atoms with Crippen molar-refractivity contribution in [3.8, 4) is 16.9 Å². The molecular weight excluding hydrogens is 301 g/mol. The zero-order valence-corrected chi connectivity index (χ0v) is 14.4. The van der Waals surface area contributed by atoms with Crippen molar-refractivity contribution >= 4 is 11.6 Å². The minimum absolute atomic E-state index is 0.256. The van der Waals surface area contributed by atoms with Gasteiger partial charge in [0, 0.05) is 22.9 Å². The SMILES string of the molecule is CCc1nc(Cl)ccc1-c1cc(C(C)(C)C)c(F)cc1OC. The van der Waals surface area contributed by atoms with Gasteiger partial charge in [0.05, 0.1) is 7.11 Å². The molecular formula is C18H21ClFNO. The van der Waals surface area contributed by atoms with Crippen LogP contribution in [0.15, 0.2) is 24.3 Å². The molecule has 0 aliphatic heterocycles. The van der Waals surface area contributed by atoms with Gasteiger partial charge in [-0.25, -0.2) is 9.37 Å². The van der Waals surface area contributed by atoms with Gasteiger partial charge >= 0.3 is 0 Å². The summed E-state index contributed by atoms with van der Waals surface area (Å²) >= 11 is 5.98. The molecule has 0 N–H and O–H groups in total. The van der Waals surface area contributed by atoms with Crippen molar-refractivity contribution in [2.45, 2.75) is 39.5 Å². The number of aromatic nitrogens is 1. The van der Waals surface area contributed by atoms with Crippen LogP contribution >= 0.6 is 11.6 Å². The van der Waals surface area contributed by atoms with Gasteiger partial charge in [-0.15, -0.1) is 0 Å². The summed E-state index contributed by atoms with van der Waals surface area (Å²) in [6.07, 6.45) is 0.737. The number of hydrogen-bond acceptors (Lipinski definition) is 2. The van der Waals surface area contributed by atoms with Crippen LogP contribution in [0.1, 0.15) is 39.0 Å². The second-order valence-electron chi connectivity index (χ2n) is 6.26. The normalized spacial score (nSPS) is 11.6. The summed E-state index contributed by atoms with van der Waals surface area (Å²) in [5, 5.41) is 0.456. The van der Waals surface area contributed by atoms with Crippen molar-refractivity contribution in [3.63, 3.8) is 0 Å². The van der Waals surface area contributed by atoms with Crippen LogP contribution in [-0.4, -0.2) is 12.1 Å². The number of hydrogen-bond donors (Lipinski definition) is 0. The van der Waals surface area contributed by atoms with E-state index in [0.29, 0.717) is 16.5 Å². The van der Waals surface area contributed by atoms with Crippen molar-refractivity contribution in [1.29, 1.82) is 0 Å². The highest BCUT2D eigenvalue weighted by molar-refractivity contribution is 6.29. The van der Waals surface area contributed by atoms with E-state index in [0.717, 1.165) is 23.2 Å². The Bertz CT molecular complexity index is 692. The van der Waals surface area contributed by atoms with E-state index in [4.69, 9.17) is 16.3 Å². The van der Waals surface area contributed by atoms with Crippen LogP contribution in [0.4, 0.5) is 4.39 Å². The maximum Gasteiger partial charge on any atom is 0.130 e. The van der Waals surface area contributed by atoms with E-state index in [1.807, 2.05) is 39.8 Å². The first-order valence-electron chi connectivity index (χ1n) is 7.31. The maximum absolute atomic E-state index is 14.4. The molecule has 0 fully saturated rings. The first kappa shape index (κ1) is 16.8. The first-order valence-corrected chi connectivity index (χ1v) is 7.69. The summed E-state index contributed by atoms with van der Waals surface area (Å²) in [7, 11) is 1.55. The molecule has 0 bridgehead atoms. The van der Waals surface area contributed by atoms with Crippen LogP contribution in [-0.2, 0) is 11.8 Å². The summed E-state index contributed by atoms with van der Waals surface area (Å²) < 4.78 is 19.7. The third kappa shape index (κ3) is 3.25. The van der Waals surface area contributed by atoms with Crippen molar-refractivity contribution < 1.29 is 9.13 Å². The molecule has 0 aliphatic carbocycles. The van der Waals surface area contributed by atoms with Gasteiger partial charge in [-0.2, -0.15) is 0 Å². The Morgan fingerprint density at radius 1 is 1.18 bits per heavy atom. The van der Waals surface area contributed by atoms with Crippen LogP contribution in [0.5, 0.6) is 5.75 Å². The predicted molar refractivity (Wildman–Crippen MR) is 89.3 cm³/mol. The van der Waals surface area contributed by atoms with E-state index in [-0.39, 0.29) is 11.2 Å². The minimum Gasteiger partial charge on any atom is -0.496 e. The van der Waals surface area contributed by atoms with Crippen molar-refractivity contribution in [2.24, 2.45) is 0 Å². The van der Waals surface area contributed by atoms with Crippen LogP contribution in [0, 0.1) is 5.82 Å². The summed E-state index contributed by atoms with van der Waals surface area (Å²) in [5.41, 5.74) is 3.00. The molecule has 0 saturated heterocycles. The quantitative estimate of drug-likeness (QED) is 0.705. The fourth-order valence-electron chi connectivity index (χ4n) is 2.50. The molecule has 0 aliphatic rings. The van der Waals surface area contributed by atoms with Crippen LogP contribution < -0.4 is 4.74 Å². The Balaban J connectivity index is 2.74. The molecule has 118 valence electrons. The van der Waals surface area contributed by atoms with Gasteiger partial charge < -0.3 is 4.74 Å². The monoisotopic (exact) mass is 321 g/mol. The molecule has 0 spiro atoms. The molecule has 1 aromatic carbocycles. The first-order chi connectivity index (χ1) is 10.3. The topological polar surface area (TPSA) is 22.1 Å². The summed E-state index contributed by atoms with van der Waals surface area (Å²) in [6, 6.07) is 6.97. The second kappa shape index (κ2) is 6.25. The number of aryl methyl sites for hydroxylation is 1. The molecule has 0 amide bonds. The third-order valence-electron chi connectivity index (χ3n) is 3.66. The van der Waals surface area contributed by atoms with Crippen molar-refractivity contribution in [2.75, 3.05) is 7.11 Å². The zero-order valence-electron chi connectivity index (χ0n) is 13.6. The van der Waals surface area contributed by atoms with E-state index in [1.165, 1.54) is 6.07 Å². The largest absolute Gasteiger partial charge is 0.496 e. The molecule has 0 radical (unpaired) electrons. The molecule has 0 atom stereocenters. The highest BCUT2D eigenvalue weighted by Gasteiger charge is 2.22. The van der Waals surface area contributed by atoms with Crippen LogP contribution in [0.25, 0.3) is 11.1 Å². The van der Waals surface area contributed by atoms with Gasteiger partial charge in [0.2, 0.25) is 0 Å². The summed E-state index contributed by atoms with van der Waals surface area (Å²) in [4.78, 5) is 4.37. The molecule has 1 heterocycles. The average molecular weight is 322 g/mol.